The molecule has 4 rings (SSSR count). The molecule has 0 spiro atoms. The summed E-state index contributed by atoms with van der Waals surface area (Å²) in [5.41, 5.74) is 2.87. The fourth-order valence-corrected chi connectivity index (χ4v) is 6.18. The number of nitrogens with one attached hydrogen (secondary N) is 2. The third kappa shape index (κ3) is 8.49. The van der Waals surface area contributed by atoms with Gasteiger partial charge in [-0.3, -0.25) is 14.4 Å². The van der Waals surface area contributed by atoms with E-state index in [4.69, 9.17) is 4.74 Å². The molecule has 1 saturated carbocycles. The Morgan fingerprint density at radius 2 is 1.77 bits per heavy atom. The lowest BCUT2D eigenvalue weighted by atomic mass is 9.78. The molecule has 1 heterocycles. The Morgan fingerprint density at radius 3 is 2.44 bits per heavy atom. The highest BCUT2D eigenvalue weighted by Gasteiger charge is 2.42. The Bertz CT molecular complexity index is 1240. The molecule has 234 valence electrons. The van der Waals surface area contributed by atoms with Crippen LogP contribution in [0.1, 0.15) is 90.8 Å². The lowest BCUT2D eigenvalue weighted by Gasteiger charge is -2.41. The number of anilines is 1. The zero-order chi connectivity index (χ0) is 31.5. The monoisotopic (exact) mass is 589 g/mol. The molecule has 1 aliphatic carbocycles. The van der Waals surface area contributed by atoms with Gasteiger partial charge in [0.05, 0.1) is 23.8 Å². The van der Waals surface area contributed by atoms with E-state index in [9.17, 15) is 14.4 Å². The summed E-state index contributed by atoms with van der Waals surface area (Å²) in [6, 6.07) is 16.1. The predicted octanol–water partition coefficient (Wildman–Crippen LogP) is 7.19. The van der Waals surface area contributed by atoms with Crippen LogP contribution in [-0.4, -0.2) is 41.3 Å². The average molecular weight is 590 g/mol. The number of rotatable bonds is 8. The molecule has 1 fully saturated rings. The second-order valence-electron chi connectivity index (χ2n) is 11.8. The molecule has 0 saturated heterocycles. The quantitative estimate of drug-likeness (QED) is 0.341. The van der Waals surface area contributed by atoms with Crippen molar-refractivity contribution in [3.05, 3.63) is 77.6 Å². The minimum absolute atomic E-state index is 0.0362. The summed E-state index contributed by atoms with van der Waals surface area (Å²) in [5, 5.41) is 6.22. The average Bonchev–Trinajstić information content (AvgIpc) is 3.00. The smallest absolute Gasteiger partial charge is 0.255 e. The molecule has 2 aromatic carbocycles. The van der Waals surface area contributed by atoms with Crippen LogP contribution in [-0.2, 0) is 19.1 Å². The van der Waals surface area contributed by atoms with E-state index in [0.29, 0.717) is 30.4 Å². The standard InChI is InChI=1S/C34H45N3O4.C2H6/c1-6-12-28-29(32(38)35-27-17-10-13-22(2)19-27)20-41-21-31(33(39)36-30-18-11-14-23(3)24(30)4)37(34(28)40)25(5)26-15-8-7-9-16-26;1-2/h7-10,13,15-17,19-20,23-25,28,30-31H,6,11-12,14,18,21H2,1-5H3,(H,35,38)(H,36,39);1-2H3/b29-20+;. The maximum Gasteiger partial charge on any atom is 0.255 e. The Morgan fingerprint density at radius 1 is 1.05 bits per heavy atom. The molecule has 2 aromatic rings. The summed E-state index contributed by atoms with van der Waals surface area (Å²) in [5.74, 6) is -0.689. The van der Waals surface area contributed by atoms with Gasteiger partial charge >= 0.3 is 0 Å². The van der Waals surface area contributed by atoms with E-state index in [1.165, 1.54) is 6.26 Å². The summed E-state index contributed by atoms with van der Waals surface area (Å²) in [6.45, 7) is 14.3. The number of nitrogens with zero attached hydrogens (tertiary/aromatic N) is 1. The van der Waals surface area contributed by atoms with Crippen LogP contribution in [0.15, 0.2) is 66.4 Å². The highest BCUT2D eigenvalue weighted by atomic mass is 16.5. The molecule has 3 amide bonds. The molecule has 0 bridgehead atoms. The predicted molar refractivity (Wildman–Crippen MR) is 173 cm³/mol. The van der Waals surface area contributed by atoms with Gasteiger partial charge in [-0.2, -0.15) is 0 Å². The summed E-state index contributed by atoms with van der Waals surface area (Å²) in [6.07, 6.45) is 5.70. The lowest BCUT2D eigenvalue weighted by Crippen LogP contribution is -2.58. The van der Waals surface area contributed by atoms with Crippen molar-refractivity contribution >= 4 is 23.4 Å². The van der Waals surface area contributed by atoms with Crippen molar-refractivity contribution in [2.24, 2.45) is 17.8 Å². The van der Waals surface area contributed by atoms with Crippen LogP contribution >= 0.6 is 0 Å². The SMILES string of the molecule is CC.CCCC1C(=O)N(C(C)c2ccccc2)C(C(=O)NC2CCCC(C)C2C)CO/C=C\1C(=O)Nc1cccc(C)c1. The van der Waals surface area contributed by atoms with Crippen molar-refractivity contribution in [3.63, 3.8) is 0 Å². The summed E-state index contributed by atoms with van der Waals surface area (Å²) < 4.78 is 6.00. The summed E-state index contributed by atoms with van der Waals surface area (Å²) in [7, 11) is 0. The van der Waals surface area contributed by atoms with Crippen LogP contribution in [0.25, 0.3) is 0 Å². The number of carbonyl (C=O) groups excluding carboxylic acids is 3. The maximum atomic E-state index is 14.5. The largest absolute Gasteiger partial charge is 0.498 e. The van der Waals surface area contributed by atoms with Crippen LogP contribution in [0.2, 0.25) is 0 Å². The lowest BCUT2D eigenvalue weighted by molar-refractivity contribution is -0.149. The van der Waals surface area contributed by atoms with Crippen LogP contribution in [0.3, 0.4) is 0 Å². The molecule has 6 unspecified atom stereocenters. The van der Waals surface area contributed by atoms with Gasteiger partial charge in [-0.25, -0.2) is 0 Å². The Hall–Kier alpha value is -3.61. The van der Waals surface area contributed by atoms with E-state index in [2.05, 4.69) is 24.5 Å². The van der Waals surface area contributed by atoms with E-state index in [1.54, 1.807) is 4.90 Å². The number of aryl methyl sites for hydroxylation is 1. The van der Waals surface area contributed by atoms with Crippen molar-refractivity contribution in [1.29, 1.82) is 0 Å². The molecule has 2 N–H and O–H groups in total. The van der Waals surface area contributed by atoms with Crippen LogP contribution < -0.4 is 10.6 Å². The highest BCUT2D eigenvalue weighted by Crippen LogP contribution is 2.33. The maximum absolute atomic E-state index is 14.5. The van der Waals surface area contributed by atoms with E-state index >= 15 is 0 Å². The van der Waals surface area contributed by atoms with Crippen LogP contribution in [0.5, 0.6) is 0 Å². The Balaban J connectivity index is 0.00000248. The first-order chi connectivity index (χ1) is 20.7. The van der Waals surface area contributed by atoms with Gasteiger partial charge in [-0.1, -0.05) is 96.3 Å². The molecular weight excluding hydrogens is 538 g/mol. The number of amides is 3. The molecule has 7 heteroatoms. The number of carbonyl (C=O) groups is 3. The van der Waals surface area contributed by atoms with Crippen molar-refractivity contribution in [2.45, 2.75) is 98.7 Å². The normalized spacial score (nSPS) is 25.8. The van der Waals surface area contributed by atoms with Gasteiger partial charge in [0.25, 0.3) is 5.91 Å². The Kier molecular flexibility index (Phi) is 12.8. The van der Waals surface area contributed by atoms with Crippen molar-refractivity contribution in [3.8, 4) is 0 Å². The second-order valence-corrected chi connectivity index (χ2v) is 11.8. The number of benzene rings is 2. The van der Waals surface area contributed by atoms with E-state index < -0.39 is 18.0 Å². The molecule has 6 atom stereocenters. The van der Waals surface area contributed by atoms with Crippen molar-refractivity contribution < 1.29 is 19.1 Å². The number of hydrogen-bond donors (Lipinski definition) is 2. The molecule has 2 aliphatic rings. The molecule has 0 aromatic heterocycles. The van der Waals surface area contributed by atoms with Gasteiger partial charge in [-0.15, -0.1) is 0 Å². The third-order valence-corrected chi connectivity index (χ3v) is 8.88. The van der Waals surface area contributed by atoms with Gasteiger partial charge in [0.1, 0.15) is 12.6 Å². The molecule has 0 radical (unpaired) electrons. The molecule has 7 nitrogen and oxygen atoms in total. The topological polar surface area (TPSA) is 87.7 Å². The zero-order valence-corrected chi connectivity index (χ0v) is 27.1. The molecule has 1 aliphatic heterocycles. The molecular formula is C36H51N3O4. The van der Waals surface area contributed by atoms with E-state index in [1.807, 2.05) is 89.2 Å². The fourth-order valence-electron chi connectivity index (χ4n) is 6.18. The summed E-state index contributed by atoms with van der Waals surface area (Å²) in [4.78, 5) is 43.7. The first kappa shape index (κ1) is 33.9. The van der Waals surface area contributed by atoms with Gasteiger partial charge in [0.15, 0.2) is 0 Å². The minimum Gasteiger partial charge on any atom is -0.498 e. The van der Waals surface area contributed by atoms with Crippen molar-refractivity contribution in [2.75, 3.05) is 11.9 Å². The highest BCUT2D eigenvalue weighted by molar-refractivity contribution is 6.08. The van der Waals surface area contributed by atoms with Gasteiger partial charge < -0.3 is 20.3 Å². The van der Waals surface area contributed by atoms with Gasteiger partial charge in [-0.05, 0) is 61.8 Å². The van der Waals surface area contributed by atoms with E-state index in [-0.39, 0.29) is 35.9 Å². The van der Waals surface area contributed by atoms with Crippen LogP contribution in [0.4, 0.5) is 5.69 Å². The second kappa shape index (κ2) is 16.3. The van der Waals surface area contributed by atoms with Gasteiger partial charge in [0, 0.05) is 11.7 Å². The Labute approximate surface area is 258 Å². The summed E-state index contributed by atoms with van der Waals surface area (Å²) >= 11 is 0. The van der Waals surface area contributed by atoms with Gasteiger partial charge in [0.2, 0.25) is 11.8 Å². The third-order valence-electron chi connectivity index (χ3n) is 8.88. The van der Waals surface area contributed by atoms with Crippen molar-refractivity contribution in [1.82, 2.24) is 10.2 Å². The fraction of sp³-hybridized carbons (Fsp3) is 0.528. The van der Waals surface area contributed by atoms with E-state index in [0.717, 1.165) is 30.4 Å². The molecule has 43 heavy (non-hydrogen) atoms. The minimum atomic E-state index is -0.834. The first-order valence-electron chi connectivity index (χ1n) is 16.1. The number of ether oxygens (including phenoxy) is 1. The number of hydrogen-bond acceptors (Lipinski definition) is 4. The zero-order valence-electron chi connectivity index (χ0n) is 27.1. The van der Waals surface area contributed by atoms with Crippen LogP contribution in [0, 0.1) is 24.7 Å². The first-order valence-corrected chi connectivity index (χ1v) is 16.1.